The van der Waals surface area contributed by atoms with Crippen molar-refractivity contribution in [1.29, 1.82) is 0 Å². The van der Waals surface area contributed by atoms with Gasteiger partial charge in [-0.1, -0.05) is 63.0 Å². The van der Waals surface area contributed by atoms with Crippen molar-refractivity contribution in [1.82, 2.24) is 40.4 Å². The Morgan fingerprint density at radius 1 is 0.609 bits per heavy atom. The van der Waals surface area contributed by atoms with Crippen LogP contribution in [0.1, 0.15) is 132 Å². The zero-order valence-electron chi connectivity index (χ0n) is 40.3. The highest BCUT2D eigenvalue weighted by Crippen LogP contribution is 2.50. The maximum Gasteiger partial charge on any atom is 0.407 e. The molecule has 4 fully saturated rings. The van der Waals surface area contributed by atoms with Crippen LogP contribution in [0.2, 0.25) is 10.0 Å². The predicted molar refractivity (Wildman–Crippen MR) is 268 cm³/mol. The van der Waals surface area contributed by atoms with Crippen LogP contribution >= 0.6 is 23.2 Å². The number of nitrogens with zero attached hydrogens (tertiary/aromatic N) is 6. The number of ether oxygens (including phenoxy) is 2. The average Bonchev–Trinajstić information content (AvgIpc) is 4.20. The highest BCUT2D eigenvalue weighted by Gasteiger charge is 2.41. The molecule has 2 aromatic heterocycles. The van der Waals surface area contributed by atoms with Crippen LogP contribution in [0.4, 0.5) is 21.0 Å². The smallest absolute Gasteiger partial charge is 0.407 e. The quantitative estimate of drug-likeness (QED) is 0.0940. The highest BCUT2D eigenvalue weighted by molar-refractivity contribution is 6.39. The van der Waals surface area contributed by atoms with Crippen LogP contribution in [0.3, 0.4) is 0 Å². The number of hydrogen-bond donors (Lipinski definition) is 4. The predicted octanol–water partition coefficient (Wildman–Crippen LogP) is 9.91. The number of fused-ring (bicyclic) bond motifs is 2. The van der Waals surface area contributed by atoms with E-state index >= 15 is 0 Å². The van der Waals surface area contributed by atoms with Gasteiger partial charge in [0.25, 0.3) is 0 Å². The van der Waals surface area contributed by atoms with Crippen LogP contribution in [0.15, 0.2) is 48.5 Å². The number of rotatable bonds is 12. The number of piperidine rings is 1. The van der Waals surface area contributed by atoms with Gasteiger partial charge in [-0.3, -0.25) is 9.59 Å². The number of amides is 4. The molecule has 4 amide bonds. The van der Waals surface area contributed by atoms with Crippen molar-refractivity contribution in [3.05, 3.63) is 81.4 Å². The molecule has 0 radical (unpaired) electrons. The molecule has 0 aliphatic carbocycles. The van der Waals surface area contributed by atoms with Crippen molar-refractivity contribution in [2.75, 3.05) is 50.2 Å². The van der Waals surface area contributed by atoms with Crippen LogP contribution in [0.25, 0.3) is 22.1 Å². The number of carbonyl (C=O) groups excluding carboxylic acids is 4. The molecule has 4 N–H and O–H groups in total. The maximum absolute atomic E-state index is 13.9. The summed E-state index contributed by atoms with van der Waals surface area (Å²) in [6.45, 7) is 10.6. The molecule has 5 aromatic rings. The molecule has 0 bridgehead atoms. The van der Waals surface area contributed by atoms with Crippen LogP contribution in [0.5, 0.6) is 0 Å². The largest absolute Gasteiger partial charge is 0.453 e. The number of alkyl carbamates (subject to hydrolysis) is 2. The van der Waals surface area contributed by atoms with Crippen molar-refractivity contribution in [3.8, 4) is 0 Å². The third kappa shape index (κ3) is 9.63. The second-order valence-corrected chi connectivity index (χ2v) is 20.5. The van der Waals surface area contributed by atoms with Crippen molar-refractivity contribution in [2.24, 2.45) is 11.8 Å². The van der Waals surface area contributed by atoms with Crippen LogP contribution in [-0.4, -0.2) is 106 Å². The van der Waals surface area contributed by atoms with E-state index < -0.39 is 24.3 Å². The van der Waals surface area contributed by atoms with E-state index in [1.54, 1.807) is 0 Å². The molecule has 4 aliphatic heterocycles. The minimum absolute atomic E-state index is 0.0570. The molecule has 16 nitrogen and oxygen atoms in total. The van der Waals surface area contributed by atoms with E-state index in [1.807, 2.05) is 37.5 Å². The lowest BCUT2D eigenvalue weighted by molar-refractivity contribution is -0.136. The van der Waals surface area contributed by atoms with E-state index in [1.165, 1.54) is 20.6 Å². The van der Waals surface area contributed by atoms with Crippen molar-refractivity contribution in [3.63, 3.8) is 0 Å². The Balaban J connectivity index is 1.04. The zero-order valence-corrected chi connectivity index (χ0v) is 41.8. The number of methoxy groups -OCH3 is 2. The summed E-state index contributed by atoms with van der Waals surface area (Å²) >= 11 is 14.5. The number of hydrogen-bond acceptors (Lipinski definition) is 10. The lowest BCUT2D eigenvalue weighted by atomic mass is 10.0. The third-order valence-corrected chi connectivity index (χ3v) is 15.2. The van der Waals surface area contributed by atoms with E-state index in [4.69, 9.17) is 42.6 Å². The molecule has 9 rings (SSSR count). The zero-order chi connectivity index (χ0) is 48.7. The average molecular weight is 984 g/mol. The fourth-order valence-electron chi connectivity index (χ4n) is 11.2. The van der Waals surface area contributed by atoms with Crippen molar-refractivity contribution < 1.29 is 28.7 Å². The van der Waals surface area contributed by atoms with Crippen molar-refractivity contribution >= 4 is 80.6 Å². The molecule has 4 saturated heterocycles. The number of carbonyl (C=O) groups is 4. The fourth-order valence-corrected chi connectivity index (χ4v) is 11.9. The molecule has 6 heterocycles. The van der Waals surface area contributed by atoms with Gasteiger partial charge in [-0.15, -0.1) is 0 Å². The summed E-state index contributed by atoms with van der Waals surface area (Å²) in [7, 11) is 2.59. The van der Waals surface area contributed by atoms with E-state index in [0.29, 0.717) is 23.1 Å². The van der Waals surface area contributed by atoms with Gasteiger partial charge in [-0.05, 0) is 117 Å². The van der Waals surface area contributed by atoms with E-state index in [-0.39, 0.29) is 47.8 Å². The Kier molecular flexibility index (Phi) is 14.2. The number of nitrogens with one attached hydrogen (secondary N) is 4. The second-order valence-electron chi connectivity index (χ2n) is 19.7. The van der Waals surface area contributed by atoms with Gasteiger partial charge in [0.2, 0.25) is 11.8 Å². The minimum Gasteiger partial charge on any atom is -0.453 e. The normalized spacial score (nSPS) is 21.7. The molecule has 0 spiro atoms. The first kappa shape index (κ1) is 48.3. The highest BCUT2D eigenvalue weighted by atomic mass is 35.5. The summed E-state index contributed by atoms with van der Waals surface area (Å²) in [6, 6.07) is 14.8. The Morgan fingerprint density at radius 2 is 1.06 bits per heavy atom. The number of aromatic nitrogens is 4. The van der Waals surface area contributed by atoms with Gasteiger partial charge in [0.15, 0.2) is 0 Å². The molecule has 4 aliphatic rings. The summed E-state index contributed by atoms with van der Waals surface area (Å²) in [5, 5.41) is 6.73. The number of aromatic amines is 2. The van der Waals surface area contributed by atoms with Crippen LogP contribution in [0, 0.1) is 11.8 Å². The number of halogens is 2. The molecule has 0 saturated carbocycles. The number of H-pyrrole nitrogens is 2. The number of imidazole rings is 2. The first-order valence-corrected chi connectivity index (χ1v) is 25.3. The molecule has 1 unspecified atom stereocenters. The van der Waals surface area contributed by atoms with E-state index in [2.05, 4.69) is 78.9 Å². The van der Waals surface area contributed by atoms with Gasteiger partial charge in [-0.2, -0.15) is 0 Å². The fraction of sp³-hybridized carbons (Fsp3) is 0.529. The summed E-state index contributed by atoms with van der Waals surface area (Å²) in [5.41, 5.74) is 7.38. The van der Waals surface area contributed by atoms with Crippen molar-refractivity contribution in [2.45, 2.75) is 122 Å². The topological polar surface area (TPSA) is 181 Å². The van der Waals surface area contributed by atoms with Gasteiger partial charge in [0.1, 0.15) is 23.7 Å². The van der Waals surface area contributed by atoms with Crippen LogP contribution in [-0.2, 0) is 19.1 Å². The number of anilines is 2. The Labute approximate surface area is 413 Å². The Hall–Kier alpha value is -5.74. The van der Waals surface area contributed by atoms with Gasteiger partial charge >= 0.3 is 12.2 Å². The molecule has 6 atom stereocenters. The standard InChI is InChI=1S/C51H64Cl2N10O6/c1-28(2)43(58-50(66)68-5)48(64)61-22-10-12-41(61)46-54-35-16-14-30(24-37(35)56-46)39-18-19-40(63(39)32-26-33(52)45(34(53)27-32)60-20-8-7-9-21-60)31-15-17-36-38(25-31)57-47(55-36)42-13-11-23-62(42)49(65)44(29(3)4)59-51(67)69-6/h14-17,24-29,39-44H,7-13,18-23H2,1-6H3,(H,54,56)(H,55,57)(H,58,66)(H,59,67)/t39-,40-,41+,42+,43+,44?/m1/s1. The first-order chi connectivity index (χ1) is 33.2. The lowest BCUT2D eigenvalue weighted by Crippen LogP contribution is -2.51. The molecular weight excluding hydrogens is 920 g/mol. The second kappa shape index (κ2) is 20.3. The number of likely N-dealkylation sites (tertiary alicyclic amines) is 2. The summed E-state index contributed by atoms with van der Waals surface area (Å²) in [6.07, 6.45) is 6.95. The SMILES string of the molecule is COC(=O)NC(C(=O)N1CCC[C@H]1c1nc2ccc([C@H]3CC[C@H](c4ccc5nc([C@@H]6CCCN6C(=O)[C@@H](NC(=O)OC)C(C)C)[nH]c5c4)N3c3cc(Cl)c(N4CCCCC4)c(Cl)c3)cc2[nH]1)C(C)C. The van der Waals surface area contributed by atoms with E-state index in [9.17, 15) is 19.2 Å². The monoisotopic (exact) mass is 982 g/mol. The first-order valence-electron chi connectivity index (χ1n) is 24.6. The number of benzene rings is 3. The van der Waals surface area contributed by atoms with Crippen LogP contribution < -0.4 is 20.4 Å². The maximum atomic E-state index is 13.9. The Bertz CT molecular complexity index is 2550. The minimum atomic E-state index is -0.725. The summed E-state index contributed by atoms with van der Waals surface area (Å²) in [4.78, 5) is 78.0. The molecule has 3 aromatic carbocycles. The lowest BCUT2D eigenvalue weighted by Gasteiger charge is -2.35. The van der Waals surface area contributed by atoms with E-state index in [0.717, 1.165) is 121 Å². The van der Waals surface area contributed by atoms with Gasteiger partial charge in [0.05, 0.1) is 76.2 Å². The molecule has 18 heteroatoms. The van der Waals surface area contributed by atoms with Gasteiger partial charge in [-0.25, -0.2) is 19.6 Å². The third-order valence-electron chi connectivity index (χ3n) is 14.7. The van der Waals surface area contributed by atoms with Gasteiger partial charge in [0, 0.05) is 31.9 Å². The summed E-state index contributed by atoms with van der Waals surface area (Å²) in [5.74, 6) is 0.857. The van der Waals surface area contributed by atoms with Gasteiger partial charge < -0.3 is 49.7 Å². The molecule has 69 heavy (non-hydrogen) atoms. The molecular formula is C51H64Cl2N10O6. The molecule has 368 valence electrons. The summed E-state index contributed by atoms with van der Waals surface area (Å²) < 4.78 is 9.68. The Morgan fingerprint density at radius 3 is 1.48 bits per heavy atom.